The van der Waals surface area contributed by atoms with Crippen LogP contribution in [0, 0.1) is 15.9 Å². The molecule has 8 heteroatoms. The van der Waals surface area contributed by atoms with Gasteiger partial charge in [0.25, 0.3) is 5.69 Å². The van der Waals surface area contributed by atoms with Crippen molar-refractivity contribution in [2.24, 2.45) is 0 Å². The third kappa shape index (κ3) is 2.28. The Morgan fingerprint density at radius 1 is 1.53 bits per heavy atom. The van der Waals surface area contributed by atoms with E-state index in [4.69, 9.17) is 0 Å². The molecule has 0 unspecified atom stereocenters. The normalized spacial score (nSPS) is 10.2. The Morgan fingerprint density at radius 2 is 2.26 bits per heavy atom. The van der Waals surface area contributed by atoms with Crippen LogP contribution >= 0.6 is 0 Å². The van der Waals surface area contributed by atoms with E-state index in [9.17, 15) is 19.3 Å². The topological polar surface area (TPSA) is 87.3 Å². The summed E-state index contributed by atoms with van der Waals surface area (Å²) >= 11 is 0. The molecule has 1 aromatic heterocycles. The van der Waals surface area contributed by atoms with Gasteiger partial charge in [-0.25, -0.2) is 13.9 Å². The highest BCUT2D eigenvalue weighted by Gasteiger charge is 2.23. The van der Waals surface area contributed by atoms with Gasteiger partial charge in [0.2, 0.25) is 0 Å². The Labute approximate surface area is 106 Å². The van der Waals surface area contributed by atoms with Gasteiger partial charge in [-0.2, -0.15) is 5.10 Å². The molecule has 0 amide bonds. The molecule has 0 fully saturated rings. The van der Waals surface area contributed by atoms with Crippen molar-refractivity contribution in [1.29, 1.82) is 0 Å². The van der Waals surface area contributed by atoms with Gasteiger partial charge >= 0.3 is 5.97 Å². The fraction of sp³-hybridized carbons (Fsp3) is 0.0909. The molecule has 0 atom stereocenters. The molecule has 0 aliphatic carbocycles. The first-order valence-corrected chi connectivity index (χ1v) is 5.11. The lowest BCUT2D eigenvalue weighted by atomic mass is 10.1. The molecule has 19 heavy (non-hydrogen) atoms. The molecule has 2 rings (SSSR count). The Morgan fingerprint density at radius 3 is 2.79 bits per heavy atom. The molecular weight excluding hydrogens is 257 g/mol. The lowest BCUT2D eigenvalue weighted by molar-refractivity contribution is -0.384. The van der Waals surface area contributed by atoms with Crippen LogP contribution in [0.15, 0.2) is 30.6 Å². The number of aromatic nitrogens is 2. The summed E-state index contributed by atoms with van der Waals surface area (Å²) in [5, 5.41) is 14.7. The largest absolute Gasteiger partial charge is 0.465 e. The van der Waals surface area contributed by atoms with Crippen LogP contribution in [0.1, 0.15) is 10.4 Å². The fourth-order valence-corrected chi connectivity index (χ4v) is 1.56. The van der Waals surface area contributed by atoms with E-state index in [2.05, 4.69) is 9.84 Å². The van der Waals surface area contributed by atoms with E-state index in [0.29, 0.717) is 6.07 Å². The number of halogens is 1. The number of nitro benzene ring substituents is 1. The number of esters is 1. The van der Waals surface area contributed by atoms with Gasteiger partial charge in [0.05, 0.1) is 23.7 Å². The van der Waals surface area contributed by atoms with Crippen molar-refractivity contribution in [3.05, 3.63) is 52.1 Å². The minimum atomic E-state index is -1.02. The number of ether oxygens (including phenoxy) is 1. The summed E-state index contributed by atoms with van der Waals surface area (Å²) in [7, 11) is 1.09. The van der Waals surface area contributed by atoms with Crippen molar-refractivity contribution in [3.63, 3.8) is 0 Å². The minimum absolute atomic E-state index is 0.0169. The number of benzene rings is 1. The van der Waals surface area contributed by atoms with Gasteiger partial charge in [-0.3, -0.25) is 10.1 Å². The zero-order chi connectivity index (χ0) is 14.0. The van der Waals surface area contributed by atoms with Gasteiger partial charge in [0.1, 0.15) is 11.5 Å². The molecule has 0 saturated heterocycles. The third-order valence-electron chi connectivity index (χ3n) is 2.42. The average Bonchev–Trinajstić information content (AvgIpc) is 2.91. The summed E-state index contributed by atoms with van der Waals surface area (Å²) in [5.74, 6) is -1.93. The predicted molar refractivity (Wildman–Crippen MR) is 61.5 cm³/mol. The Bertz CT molecular complexity index is 640. The number of methoxy groups -OCH3 is 1. The van der Waals surface area contributed by atoms with E-state index in [1.165, 1.54) is 17.1 Å². The van der Waals surface area contributed by atoms with E-state index in [1.807, 2.05) is 0 Å². The number of hydrogen-bond donors (Lipinski definition) is 0. The molecular formula is C11H8FN3O4. The van der Waals surface area contributed by atoms with Crippen molar-refractivity contribution in [2.75, 3.05) is 7.11 Å². The van der Waals surface area contributed by atoms with E-state index in [-0.39, 0.29) is 5.69 Å². The number of carbonyl (C=O) groups excluding carboxylic acids is 1. The lowest BCUT2D eigenvalue weighted by Crippen LogP contribution is -2.09. The lowest BCUT2D eigenvalue weighted by Gasteiger charge is -2.06. The summed E-state index contributed by atoms with van der Waals surface area (Å²) in [6.45, 7) is 0. The van der Waals surface area contributed by atoms with Crippen LogP contribution in [0.3, 0.4) is 0 Å². The standard InChI is InChI=1S/C11H8FN3O4/c1-19-11(16)7-5-9(14-4-2-3-13-14)10(15(17)18)6-8(7)12/h2-6H,1H3. The van der Waals surface area contributed by atoms with Crippen molar-refractivity contribution in [3.8, 4) is 5.69 Å². The van der Waals surface area contributed by atoms with Gasteiger partial charge < -0.3 is 4.74 Å². The highest BCUT2D eigenvalue weighted by molar-refractivity contribution is 5.91. The molecule has 2 aromatic rings. The molecule has 0 N–H and O–H groups in total. The summed E-state index contributed by atoms with van der Waals surface area (Å²) in [6.07, 6.45) is 2.85. The molecule has 1 heterocycles. The monoisotopic (exact) mass is 265 g/mol. The van der Waals surface area contributed by atoms with Crippen LogP contribution in [0.2, 0.25) is 0 Å². The van der Waals surface area contributed by atoms with E-state index in [0.717, 1.165) is 13.2 Å². The molecule has 0 radical (unpaired) electrons. The smallest absolute Gasteiger partial charge is 0.340 e. The van der Waals surface area contributed by atoms with Gasteiger partial charge in [0.15, 0.2) is 0 Å². The molecule has 0 bridgehead atoms. The maximum atomic E-state index is 13.6. The zero-order valence-electron chi connectivity index (χ0n) is 9.74. The van der Waals surface area contributed by atoms with E-state index < -0.39 is 28.0 Å². The average molecular weight is 265 g/mol. The van der Waals surface area contributed by atoms with Crippen LogP contribution in [0.4, 0.5) is 10.1 Å². The second-order valence-corrected chi connectivity index (χ2v) is 3.52. The molecule has 0 aliphatic heterocycles. The van der Waals surface area contributed by atoms with Gasteiger partial charge in [-0.15, -0.1) is 0 Å². The molecule has 0 aliphatic rings. The SMILES string of the molecule is COC(=O)c1cc(-n2cccn2)c([N+](=O)[O-])cc1F. The van der Waals surface area contributed by atoms with Crippen molar-refractivity contribution < 1.29 is 18.8 Å². The van der Waals surface area contributed by atoms with Crippen LogP contribution in [-0.4, -0.2) is 27.8 Å². The zero-order valence-corrected chi connectivity index (χ0v) is 9.74. The number of hydrogen-bond acceptors (Lipinski definition) is 5. The molecule has 98 valence electrons. The van der Waals surface area contributed by atoms with Crippen molar-refractivity contribution in [2.45, 2.75) is 0 Å². The summed E-state index contributed by atoms with van der Waals surface area (Å²) in [4.78, 5) is 21.5. The van der Waals surface area contributed by atoms with E-state index in [1.54, 1.807) is 6.07 Å². The first-order chi connectivity index (χ1) is 9.04. The maximum Gasteiger partial charge on any atom is 0.340 e. The van der Waals surface area contributed by atoms with Crippen molar-refractivity contribution in [1.82, 2.24) is 9.78 Å². The highest BCUT2D eigenvalue weighted by atomic mass is 19.1. The number of rotatable bonds is 3. The Kier molecular flexibility index (Phi) is 3.23. The second kappa shape index (κ2) is 4.84. The number of nitrogens with zero attached hydrogens (tertiary/aromatic N) is 3. The third-order valence-corrected chi connectivity index (χ3v) is 2.42. The maximum absolute atomic E-state index is 13.6. The molecule has 0 spiro atoms. The van der Waals surface area contributed by atoms with Crippen LogP contribution in [0.5, 0.6) is 0 Å². The Balaban J connectivity index is 2.68. The quantitative estimate of drug-likeness (QED) is 0.479. The van der Waals surface area contributed by atoms with Crippen LogP contribution < -0.4 is 0 Å². The number of carbonyl (C=O) groups is 1. The molecule has 1 aromatic carbocycles. The summed E-state index contributed by atoms with van der Waals surface area (Å²) in [6, 6.07) is 3.25. The van der Waals surface area contributed by atoms with E-state index >= 15 is 0 Å². The highest BCUT2D eigenvalue weighted by Crippen LogP contribution is 2.26. The van der Waals surface area contributed by atoms with Crippen LogP contribution in [0.25, 0.3) is 5.69 Å². The fourth-order valence-electron chi connectivity index (χ4n) is 1.56. The second-order valence-electron chi connectivity index (χ2n) is 3.52. The summed E-state index contributed by atoms with van der Waals surface area (Å²) < 4.78 is 19.2. The predicted octanol–water partition coefficient (Wildman–Crippen LogP) is 1.71. The molecule has 7 nitrogen and oxygen atoms in total. The Hall–Kier alpha value is -2.77. The first-order valence-electron chi connectivity index (χ1n) is 5.11. The van der Waals surface area contributed by atoms with Crippen molar-refractivity contribution >= 4 is 11.7 Å². The number of nitro groups is 1. The van der Waals surface area contributed by atoms with Gasteiger partial charge in [-0.05, 0) is 12.1 Å². The minimum Gasteiger partial charge on any atom is -0.465 e. The van der Waals surface area contributed by atoms with Gasteiger partial charge in [0, 0.05) is 12.4 Å². The summed E-state index contributed by atoms with van der Waals surface area (Å²) in [5.41, 5.74) is -0.899. The van der Waals surface area contributed by atoms with Crippen LogP contribution in [-0.2, 0) is 4.74 Å². The first kappa shape index (κ1) is 12.7. The van der Waals surface area contributed by atoms with Gasteiger partial charge in [-0.1, -0.05) is 0 Å². The molecule has 0 saturated carbocycles.